The molecule has 3 atom stereocenters. The van der Waals surface area contributed by atoms with Crippen LogP contribution in [0.5, 0.6) is 0 Å². The number of rotatable bonds is 3. The highest BCUT2D eigenvalue weighted by atomic mass is 35.5. The zero-order valence-electron chi connectivity index (χ0n) is 15.5. The molecule has 28 heavy (non-hydrogen) atoms. The Hall–Kier alpha value is -2.19. The summed E-state index contributed by atoms with van der Waals surface area (Å²) in [7, 11) is 0. The first-order chi connectivity index (χ1) is 13.1. The Morgan fingerprint density at radius 1 is 1.32 bits per heavy atom. The monoisotopic (exact) mass is 424 g/mol. The number of benzene rings is 1. The summed E-state index contributed by atoms with van der Waals surface area (Å²) in [6.45, 7) is 5.58. The quantitative estimate of drug-likeness (QED) is 0.756. The maximum absolute atomic E-state index is 14.7. The standard InChI is InChI=1S/C19H19ClF2N4OS/c1-9-10(2)28-18(23)26-19(9,3)13-6-12(7-14(21)16(13)22)25-17(27)15-5-4-11(20)8-24-15/h4-10H,1-3H3,(H2,23,26)(H,25,27)/t9-,10+,19+/m1/s1. The molecule has 5 nitrogen and oxygen atoms in total. The molecule has 3 rings (SSSR count). The summed E-state index contributed by atoms with van der Waals surface area (Å²) in [5.74, 6) is -2.78. The molecular weight excluding hydrogens is 406 g/mol. The molecule has 0 unspecified atom stereocenters. The van der Waals surface area contributed by atoms with E-state index >= 15 is 0 Å². The third-order valence-corrected chi connectivity index (χ3v) is 6.37. The van der Waals surface area contributed by atoms with Crippen molar-refractivity contribution in [3.8, 4) is 0 Å². The summed E-state index contributed by atoms with van der Waals surface area (Å²) in [4.78, 5) is 20.7. The Morgan fingerprint density at radius 3 is 2.68 bits per heavy atom. The van der Waals surface area contributed by atoms with Crippen LogP contribution in [0.4, 0.5) is 14.5 Å². The Bertz CT molecular complexity index is 954. The van der Waals surface area contributed by atoms with Gasteiger partial charge in [0.2, 0.25) is 0 Å². The molecular formula is C19H19ClF2N4OS. The van der Waals surface area contributed by atoms with Crippen molar-refractivity contribution in [2.24, 2.45) is 16.6 Å². The van der Waals surface area contributed by atoms with E-state index in [0.29, 0.717) is 10.2 Å². The minimum atomic E-state index is -1.08. The minimum Gasteiger partial charge on any atom is -0.379 e. The van der Waals surface area contributed by atoms with Gasteiger partial charge in [-0.25, -0.2) is 13.8 Å². The molecule has 0 fully saturated rings. The fourth-order valence-electron chi connectivity index (χ4n) is 3.15. The first-order valence-corrected chi connectivity index (χ1v) is 9.82. The van der Waals surface area contributed by atoms with E-state index in [1.54, 1.807) is 6.92 Å². The van der Waals surface area contributed by atoms with E-state index in [0.717, 1.165) is 6.07 Å². The number of nitrogens with two attached hydrogens (primary N) is 1. The Balaban J connectivity index is 2.00. The molecule has 2 heterocycles. The lowest BCUT2D eigenvalue weighted by molar-refractivity contribution is 0.102. The average molecular weight is 425 g/mol. The van der Waals surface area contributed by atoms with Crippen LogP contribution in [0, 0.1) is 17.6 Å². The van der Waals surface area contributed by atoms with E-state index in [2.05, 4.69) is 15.3 Å². The topological polar surface area (TPSA) is 80.4 Å². The van der Waals surface area contributed by atoms with Crippen molar-refractivity contribution < 1.29 is 13.6 Å². The van der Waals surface area contributed by atoms with Gasteiger partial charge in [-0.05, 0) is 31.0 Å². The average Bonchev–Trinajstić information content (AvgIpc) is 2.62. The van der Waals surface area contributed by atoms with Gasteiger partial charge >= 0.3 is 0 Å². The number of nitrogens with one attached hydrogen (secondary N) is 1. The van der Waals surface area contributed by atoms with Crippen LogP contribution in [-0.4, -0.2) is 21.3 Å². The highest BCUT2D eigenvalue weighted by Crippen LogP contribution is 2.45. The lowest BCUT2D eigenvalue weighted by atomic mass is 9.78. The van der Waals surface area contributed by atoms with Crippen molar-refractivity contribution in [3.05, 3.63) is 58.4 Å². The number of amidine groups is 1. The van der Waals surface area contributed by atoms with Crippen molar-refractivity contribution in [2.45, 2.75) is 31.6 Å². The molecule has 1 amide bonds. The van der Waals surface area contributed by atoms with Crippen LogP contribution in [0.2, 0.25) is 5.02 Å². The smallest absolute Gasteiger partial charge is 0.274 e. The third kappa shape index (κ3) is 3.84. The second-order valence-electron chi connectivity index (χ2n) is 6.84. The van der Waals surface area contributed by atoms with Crippen LogP contribution in [-0.2, 0) is 5.54 Å². The summed E-state index contributed by atoms with van der Waals surface area (Å²) < 4.78 is 29.1. The maximum atomic E-state index is 14.7. The largest absolute Gasteiger partial charge is 0.379 e. The number of thioether (sulfide) groups is 1. The van der Waals surface area contributed by atoms with E-state index in [9.17, 15) is 13.6 Å². The molecule has 0 saturated carbocycles. The molecule has 2 aromatic rings. The highest BCUT2D eigenvalue weighted by molar-refractivity contribution is 8.14. The molecule has 0 spiro atoms. The van der Waals surface area contributed by atoms with Gasteiger partial charge in [-0.2, -0.15) is 0 Å². The summed E-state index contributed by atoms with van der Waals surface area (Å²) in [6.07, 6.45) is 1.33. The first kappa shape index (κ1) is 20.5. The fraction of sp³-hybridized carbons (Fsp3) is 0.316. The highest BCUT2D eigenvalue weighted by Gasteiger charge is 2.42. The minimum absolute atomic E-state index is 0.0365. The van der Waals surface area contributed by atoms with Crippen molar-refractivity contribution in [1.29, 1.82) is 0 Å². The zero-order chi connectivity index (χ0) is 20.6. The molecule has 1 aliphatic heterocycles. The number of nitrogens with zero attached hydrogens (tertiary/aromatic N) is 2. The van der Waals surface area contributed by atoms with Gasteiger partial charge in [0.25, 0.3) is 5.91 Å². The van der Waals surface area contributed by atoms with Crippen LogP contribution in [0.3, 0.4) is 0 Å². The van der Waals surface area contributed by atoms with E-state index in [1.807, 2.05) is 13.8 Å². The SMILES string of the molecule is C[C@@H]1SC(N)=N[C@](C)(c2cc(NC(=O)c3ccc(Cl)cn3)cc(F)c2F)[C@@H]1C. The van der Waals surface area contributed by atoms with Crippen LogP contribution >= 0.6 is 23.4 Å². The number of hydrogen-bond donors (Lipinski definition) is 2. The van der Waals surface area contributed by atoms with E-state index in [-0.39, 0.29) is 28.1 Å². The zero-order valence-corrected chi connectivity index (χ0v) is 17.0. The van der Waals surface area contributed by atoms with Gasteiger partial charge in [-0.15, -0.1) is 0 Å². The number of aliphatic imine (C=N–C) groups is 1. The molecule has 1 aliphatic rings. The predicted molar refractivity (Wildman–Crippen MR) is 109 cm³/mol. The first-order valence-electron chi connectivity index (χ1n) is 8.56. The predicted octanol–water partition coefficient (Wildman–Crippen LogP) is 4.57. The van der Waals surface area contributed by atoms with Gasteiger partial charge in [0.05, 0.1) is 10.6 Å². The molecule has 0 bridgehead atoms. The van der Waals surface area contributed by atoms with Crippen LogP contribution in [0.25, 0.3) is 0 Å². The summed E-state index contributed by atoms with van der Waals surface area (Å²) >= 11 is 7.16. The molecule has 3 N–H and O–H groups in total. The van der Waals surface area contributed by atoms with Crippen LogP contribution in [0.15, 0.2) is 35.5 Å². The number of hydrogen-bond acceptors (Lipinski definition) is 5. The van der Waals surface area contributed by atoms with Gasteiger partial charge < -0.3 is 11.1 Å². The van der Waals surface area contributed by atoms with Crippen molar-refractivity contribution in [2.75, 3.05) is 5.32 Å². The Morgan fingerprint density at radius 2 is 2.04 bits per heavy atom. The summed E-state index contributed by atoms with van der Waals surface area (Å²) in [5.41, 5.74) is 5.07. The van der Waals surface area contributed by atoms with E-state index < -0.39 is 23.1 Å². The number of anilines is 1. The van der Waals surface area contributed by atoms with Gasteiger partial charge in [0, 0.05) is 28.8 Å². The van der Waals surface area contributed by atoms with Gasteiger partial charge in [0.15, 0.2) is 16.8 Å². The second-order valence-corrected chi connectivity index (χ2v) is 8.68. The Labute approximate surface area is 170 Å². The number of amides is 1. The molecule has 0 saturated heterocycles. The Kier molecular flexibility index (Phi) is 5.63. The van der Waals surface area contributed by atoms with E-state index in [4.69, 9.17) is 17.3 Å². The summed E-state index contributed by atoms with van der Waals surface area (Å²) in [5, 5.41) is 3.30. The van der Waals surface area contributed by atoms with Crippen LogP contribution in [0.1, 0.15) is 36.8 Å². The molecule has 1 aromatic carbocycles. The van der Waals surface area contributed by atoms with E-state index in [1.165, 1.54) is 36.2 Å². The summed E-state index contributed by atoms with van der Waals surface area (Å²) in [6, 6.07) is 5.27. The number of aromatic nitrogens is 1. The van der Waals surface area contributed by atoms with Gasteiger partial charge in [-0.1, -0.05) is 37.2 Å². The molecule has 0 aliphatic carbocycles. The van der Waals surface area contributed by atoms with Gasteiger partial charge in [0.1, 0.15) is 5.69 Å². The molecule has 1 aromatic heterocycles. The number of pyridine rings is 1. The van der Waals surface area contributed by atoms with Crippen molar-refractivity contribution in [1.82, 2.24) is 4.98 Å². The van der Waals surface area contributed by atoms with Crippen LogP contribution < -0.4 is 11.1 Å². The molecule has 0 radical (unpaired) electrons. The number of carbonyl (C=O) groups excluding carboxylic acids is 1. The number of halogens is 3. The lowest BCUT2D eigenvalue weighted by Gasteiger charge is -2.40. The fourth-order valence-corrected chi connectivity index (χ4v) is 4.35. The van der Waals surface area contributed by atoms with Crippen molar-refractivity contribution >= 4 is 40.1 Å². The van der Waals surface area contributed by atoms with Gasteiger partial charge in [-0.3, -0.25) is 9.79 Å². The number of carbonyl (C=O) groups is 1. The normalized spacial score (nSPS) is 24.6. The lowest BCUT2D eigenvalue weighted by Crippen LogP contribution is -2.41. The second kappa shape index (κ2) is 7.67. The maximum Gasteiger partial charge on any atom is 0.274 e. The third-order valence-electron chi connectivity index (χ3n) is 5.03. The molecule has 9 heteroatoms. The molecule has 148 valence electrons. The van der Waals surface area contributed by atoms with Crippen molar-refractivity contribution in [3.63, 3.8) is 0 Å².